The second-order valence-electron chi connectivity index (χ2n) is 6.05. The topological polar surface area (TPSA) is 62.5 Å². The van der Waals surface area contributed by atoms with Crippen molar-refractivity contribution in [3.8, 4) is 0 Å². The van der Waals surface area contributed by atoms with Crippen molar-refractivity contribution < 1.29 is 9.50 Å². The molecule has 3 rings (SSSR count). The third-order valence-corrected chi connectivity index (χ3v) is 4.22. The number of rotatable bonds is 5. The van der Waals surface area contributed by atoms with E-state index in [4.69, 9.17) is 0 Å². The maximum absolute atomic E-state index is 12.9. The summed E-state index contributed by atoms with van der Waals surface area (Å²) in [5.74, 6) is -0.309. The van der Waals surface area contributed by atoms with Crippen molar-refractivity contribution in [3.63, 3.8) is 0 Å². The number of hydrogen-bond acceptors (Lipinski definition) is 4. The number of aliphatic hydroxyl groups is 1. The summed E-state index contributed by atoms with van der Waals surface area (Å²) in [4.78, 5) is 4.44. The first-order chi connectivity index (χ1) is 11.5. The molecule has 1 aromatic carbocycles. The second kappa shape index (κ2) is 6.67. The highest BCUT2D eigenvalue weighted by molar-refractivity contribution is 5.42. The normalized spacial score (nSPS) is 14.0. The van der Waals surface area contributed by atoms with Gasteiger partial charge in [-0.3, -0.25) is 0 Å². The highest BCUT2D eigenvalue weighted by Crippen LogP contribution is 2.19. The van der Waals surface area contributed by atoms with E-state index in [2.05, 4.69) is 15.4 Å². The van der Waals surface area contributed by atoms with Crippen molar-refractivity contribution >= 4 is 5.65 Å². The van der Waals surface area contributed by atoms with Crippen molar-refractivity contribution in [2.45, 2.75) is 32.9 Å². The van der Waals surface area contributed by atoms with Crippen LogP contribution in [0.3, 0.4) is 0 Å². The number of hydrogen-bond donors (Lipinski definition) is 2. The van der Waals surface area contributed by atoms with Crippen molar-refractivity contribution in [3.05, 3.63) is 64.9 Å². The predicted octanol–water partition coefficient (Wildman–Crippen LogP) is 2.87. The first kappa shape index (κ1) is 16.5. The molecule has 5 nitrogen and oxygen atoms in total. The number of aromatic nitrogens is 3. The zero-order valence-electron chi connectivity index (χ0n) is 14.0. The van der Waals surface area contributed by atoms with Gasteiger partial charge in [0.1, 0.15) is 5.82 Å². The van der Waals surface area contributed by atoms with Gasteiger partial charge in [0.2, 0.25) is 0 Å². The first-order valence-corrected chi connectivity index (χ1v) is 7.94. The Labute approximate surface area is 140 Å². The molecule has 0 amide bonds. The fourth-order valence-corrected chi connectivity index (χ4v) is 2.80. The van der Waals surface area contributed by atoms with Crippen LogP contribution in [0.2, 0.25) is 0 Å². The second-order valence-corrected chi connectivity index (χ2v) is 6.05. The lowest BCUT2D eigenvalue weighted by atomic mass is 10.1. The molecule has 2 unspecified atom stereocenters. The Hall–Kier alpha value is -2.31. The standard InChI is InChI=1S/C18H21FN4O/c1-11-8-18-21-9-16(13(3)23(18)22-11)12(2)20-10-17(24)14-4-6-15(19)7-5-14/h4-9,12,17,20,24H,10H2,1-3H3. The molecule has 6 heteroatoms. The molecule has 2 aromatic heterocycles. The fourth-order valence-electron chi connectivity index (χ4n) is 2.80. The van der Waals surface area contributed by atoms with Crippen LogP contribution in [-0.2, 0) is 0 Å². The van der Waals surface area contributed by atoms with E-state index in [0.717, 1.165) is 22.6 Å². The molecule has 0 fully saturated rings. The molecule has 0 aliphatic heterocycles. The van der Waals surface area contributed by atoms with Gasteiger partial charge in [-0.2, -0.15) is 5.10 Å². The van der Waals surface area contributed by atoms with E-state index in [1.54, 1.807) is 12.1 Å². The van der Waals surface area contributed by atoms with Gasteiger partial charge in [-0.1, -0.05) is 12.1 Å². The van der Waals surface area contributed by atoms with Crippen LogP contribution in [0.5, 0.6) is 0 Å². The number of aryl methyl sites for hydroxylation is 2. The maximum atomic E-state index is 12.9. The Morgan fingerprint density at radius 2 is 1.96 bits per heavy atom. The van der Waals surface area contributed by atoms with Gasteiger partial charge in [-0.25, -0.2) is 13.9 Å². The average molecular weight is 328 g/mol. The van der Waals surface area contributed by atoms with Crippen molar-refractivity contribution in [2.75, 3.05) is 6.54 Å². The van der Waals surface area contributed by atoms with Crippen LogP contribution in [0.25, 0.3) is 5.65 Å². The molecule has 0 saturated heterocycles. The summed E-state index contributed by atoms with van der Waals surface area (Å²) in [7, 11) is 0. The lowest BCUT2D eigenvalue weighted by Crippen LogP contribution is -2.26. The van der Waals surface area contributed by atoms with Gasteiger partial charge in [0, 0.05) is 36.1 Å². The molecule has 0 aliphatic carbocycles. The summed E-state index contributed by atoms with van der Waals surface area (Å²) in [6.45, 7) is 6.32. The molecule has 2 atom stereocenters. The predicted molar refractivity (Wildman–Crippen MR) is 90.2 cm³/mol. The lowest BCUT2D eigenvalue weighted by molar-refractivity contribution is 0.170. The Bertz CT molecular complexity index is 844. The van der Waals surface area contributed by atoms with E-state index in [0.29, 0.717) is 12.1 Å². The minimum atomic E-state index is -0.697. The first-order valence-electron chi connectivity index (χ1n) is 7.94. The summed E-state index contributed by atoms with van der Waals surface area (Å²) >= 11 is 0. The van der Waals surface area contributed by atoms with Crippen molar-refractivity contribution in [1.82, 2.24) is 19.9 Å². The van der Waals surface area contributed by atoms with E-state index in [1.807, 2.05) is 37.5 Å². The number of fused-ring (bicyclic) bond motifs is 1. The lowest BCUT2D eigenvalue weighted by Gasteiger charge is -2.19. The van der Waals surface area contributed by atoms with Crippen molar-refractivity contribution in [2.24, 2.45) is 0 Å². The van der Waals surface area contributed by atoms with E-state index in [1.165, 1.54) is 12.1 Å². The molecule has 126 valence electrons. The van der Waals surface area contributed by atoms with Crippen LogP contribution < -0.4 is 5.32 Å². The molecule has 0 radical (unpaired) electrons. The zero-order chi connectivity index (χ0) is 17.3. The van der Waals surface area contributed by atoms with E-state index in [-0.39, 0.29) is 11.9 Å². The third kappa shape index (κ3) is 3.29. The monoisotopic (exact) mass is 328 g/mol. The van der Waals surface area contributed by atoms with Crippen LogP contribution in [0, 0.1) is 19.7 Å². The van der Waals surface area contributed by atoms with Gasteiger partial charge in [0.25, 0.3) is 0 Å². The van der Waals surface area contributed by atoms with Crippen molar-refractivity contribution in [1.29, 1.82) is 0 Å². The van der Waals surface area contributed by atoms with Gasteiger partial charge in [0.15, 0.2) is 5.65 Å². The molecule has 0 bridgehead atoms. The summed E-state index contributed by atoms with van der Waals surface area (Å²) in [5, 5.41) is 18.0. The van der Waals surface area contributed by atoms with E-state index >= 15 is 0 Å². The quantitative estimate of drug-likeness (QED) is 0.756. The van der Waals surface area contributed by atoms with Gasteiger partial charge < -0.3 is 10.4 Å². The summed E-state index contributed by atoms with van der Waals surface area (Å²) < 4.78 is 14.8. The molecule has 2 heterocycles. The molecule has 0 spiro atoms. The van der Waals surface area contributed by atoms with Crippen LogP contribution in [-0.4, -0.2) is 26.2 Å². The number of benzene rings is 1. The van der Waals surface area contributed by atoms with E-state index < -0.39 is 6.10 Å². The SMILES string of the molecule is Cc1cc2ncc(C(C)NCC(O)c3ccc(F)cc3)c(C)n2n1. The van der Waals surface area contributed by atoms with Crippen LogP contribution in [0.15, 0.2) is 36.5 Å². The minimum absolute atomic E-state index is 0.00139. The number of halogens is 1. The molecule has 24 heavy (non-hydrogen) atoms. The molecule has 2 N–H and O–H groups in total. The zero-order valence-corrected chi connectivity index (χ0v) is 14.0. The molecule has 0 aliphatic rings. The van der Waals surface area contributed by atoms with Gasteiger partial charge in [-0.05, 0) is 38.5 Å². The van der Waals surface area contributed by atoms with Gasteiger partial charge in [0.05, 0.1) is 11.8 Å². The van der Waals surface area contributed by atoms with Crippen LogP contribution >= 0.6 is 0 Å². The Morgan fingerprint density at radius 3 is 2.67 bits per heavy atom. The number of nitrogens with zero attached hydrogens (tertiary/aromatic N) is 3. The summed E-state index contributed by atoms with van der Waals surface area (Å²) in [5.41, 5.74) is 4.48. The van der Waals surface area contributed by atoms with Crippen LogP contribution in [0.4, 0.5) is 4.39 Å². The third-order valence-electron chi connectivity index (χ3n) is 4.22. The number of nitrogens with one attached hydrogen (secondary N) is 1. The fraction of sp³-hybridized carbons (Fsp3) is 0.333. The van der Waals surface area contributed by atoms with Gasteiger partial charge in [-0.15, -0.1) is 0 Å². The molecule has 3 aromatic rings. The highest BCUT2D eigenvalue weighted by atomic mass is 19.1. The molecule has 0 saturated carbocycles. The Morgan fingerprint density at radius 1 is 1.25 bits per heavy atom. The number of aliphatic hydroxyl groups excluding tert-OH is 1. The highest BCUT2D eigenvalue weighted by Gasteiger charge is 2.15. The minimum Gasteiger partial charge on any atom is -0.387 e. The van der Waals surface area contributed by atoms with E-state index in [9.17, 15) is 9.50 Å². The Kier molecular flexibility index (Phi) is 4.59. The van der Waals surface area contributed by atoms with Gasteiger partial charge >= 0.3 is 0 Å². The summed E-state index contributed by atoms with van der Waals surface area (Å²) in [6.07, 6.45) is 1.14. The molecular formula is C18H21FN4O. The molecular weight excluding hydrogens is 307 g/mol. The van der Waals surface area contributed by atoms with Crippen LogP contribution in [0.1, 0.15) is 41.6 Å². The Balaban J connectivity index is 1.71. The summed E-state index contributed by atoms with van der Waals surface area (Å²) in [6, 6.07) is 7.83. The maximum Gasteiger partial charge on any atom is 0.155 e. The largest absolute Gasteiger partial charge is 0.387 e. The average Bonchev–Trinajstić information content (AvgIpc) is 2.95. The smallest absolute Gasteiger partial charge is 0.155 e.